The van der Waals surface area contributed by atoms with Crippen molar-refractivity contribution < 1.29 is 0 Å². The lowest BCUT2D eigenvalue weighted by atomic mass is 9.67. The number of benzene rings is 14. The molecule has 0 N–H and O–H groups in total. The zero-order valence-corrected chi connectivity index (χ0v) is 45.0. The third-order valence-electron chi connectivity index (χ3n) is 17.5. The summed E-state index contributed by atoms with van der Waals surface area (Å²) < 4.78 is 2.51. The summed E-state index contributed by atoms with van der Waals surface area (Å²) in [4.78, 5) is 0. The van der Waals surface area contributed by atoms with Crippen molar-refractivity contribution in [3.05, 3.63) is 344 Å². The van der Waals surface area contributed by atoms with Crippen molar-refractivity contribution in [2.24, 2.45) is 0 Å². The van der Waals surface area contributed by atoms with Gasteiger partial charge in [-0.05, 0) is 164 Å². The molecule has 1 aliphatic rings. The van der Waals surface area contributed by atoms with E-state index in [0.717, 1.165) is 16.7 Å². The molecule has 0 unspecified atom stereocenters. The Kier molecular flexibility index (Phi) is 11.2. The average Bonchev–Trinajstić information content (AvgIpc) is 2.50. The van der Waals surface area contributed by atoms with Crippen LogP contribution in [0.2, 0.25) is 0 Å². The van der Waals surface area contributed by atoms with E-state index in [9.17, 15) is 0 Å². The molecule has 1 heterocycles. The molecule has 1 aliphatic carbocycles. The molecule has 0 saturated carbocycles. The lowest BCUT2D eigenvalue weighted by Gasteiger charge is -2.34. The Bertz CT molecular complexity index is 4690. The zero-order valence-electron chi connectivity index (χ0n) is 45.0. The molecule has 0 fully saturated rings. The SMILES string of the molecule is c1ccc(-c2ccc(-c3ccc4c(c3)C(c3ccccc3)(c3ccccc3)c3cc(-n5c6ccc(-c7ccc(-c8cccc9ccccc89)cc7)cc6c6cc(-c7ccc(-c8cccc9ccccc89)cc7)ccc65)ccc3-4)cc2)cc1. The highest BCUT2D eigenvalue weighted by Crippen LogP contribution is 2.57. The van der Waals surface area contributed by atoms with Crippen LogP contribution in [0.15, 0.2) is 322 Å². The molecule has 1 aromatic heterocycles. The van der Waals surface area contributed by atoms with Gasteiger partial charge in [0, 0.05) is 16.5 Å². The fourth-order valence-electron chi connectivity index (χ4n) is 13.6. The number of nitrogens with zero attached hydrogens (tertiary/aromatic N) is 1. The molecular formula is C81H53N. The standard InChI is InChI=1S/C81H53N/c1-4-16-54(17-5-1)55-30-32-58(33-31-55)65-42-46-73-74-47-45-68(53-78(74)81(77(73)52-65,66-22-6-2-7-23-66)67-24-8-3-9-25-67)82-79-48-43-63(56-34-38-61(39-35-56)71-28-14-20-59-18-10-12-26-69(59)71)50-75(79)76-51-64(44-49-80(76)82)57-36-40-62(41-37-57)72-29-15-21-60-19-11-13-27-70(60)72/h1-53H. The van der Waals surface area contributed by atoms with Gasteiger partial charge in [-0.2, -0.15) is 0 Å². The van der Waals surface area contributed by atoms with Gasteiger partial charge in [-0.1, -0.05) is 279 Å². The van der Waals surface area contributed by atoms with Crippen molar-refractivity contribution >= 4 is 43.4 Å². The summed E-state index contributed by atoms with van der Waals surface area (Å²) in [5.74, 6) is 0. The predicted molar refractivity (Wildman–Crippen MR) is 346 cm³/mol. The van der Waals surface area contributed by atoms with Crippen molar-refractivity contribution in [3.63, 3.8) is 0 Å². The quantitative estimate of drug-likeness (QED) is 0.136. The molecular weight excluding hydrogens is 987 g/mol. The fraction of sp³-hybridized carbons (Fsp3) is 0.0123. The molecule has 0 spiro atoms. The van der Waals surface area contributed by atoms with E-state index in [1.165, 1.54) is 132 Å². The highest BCUT2D eigenvalue weighted by molar-refractivity contribution is 6.12. The van der Waals surface area contributed by atoms with E-state index < -0.39 is 5.41 Å². The number of fused-ring (bicyclic) bond motifs is 8. The van der Waals surface area contributed by atoms with Gasteiger partial charge >= 0.3 is 0 Å². The average molecular weight is 1040 g/mol. The zero-order chi connectivity index (χ0) is 54.1. The van der Waals surface area contributed by atoms with Crippen molar-refractivity contribution in [2.75, 3.05) is 0 Å². The summed E-state index contributed by atoms with van der Waals surface area (Å²) in [6.45, 7) is 0. The Balaban J connectivity index is 0.867. The van der Waals surface area contributed by atoms with Crippen LogP contribution in [-0.4, -0.2) is 4.57 Å². The first-order chi connectivity index (χ1) is 40.6. The third kappa shape index (κ3) is 7.70. The number of rotatable bonds is 9. The van der Waals surface area contributed by atoms with Crippen LogP contribution in [0.4, 0.5) is 0 Å². The van der Waals surface area contributed by atoms with Gasteiger partial charge in [0.05, 0.1) is 16.4 Å². The maximum Gasteiger partial charge on any atom is 0.0714 e. The van der Waals surface area contributed by atoms with Crippen LogP contribution in [-0.2, 0) is 5.41 Å². The van der Waals surface area contributed by atoms with Crippen LogP contribution >= 0.6 is 0 Å². The highest BCUT2D eigenvalue weighted by atomic mass is 15.0. The lowest BCUT2D eigenvalue weighted by Crippen LogP contribution is -2.28. The molecule has 1 heteroatoms. The summed E-state index contributed by atoms with van der Waals surface area (Å²) in [5.41, 5.74) is 24.9. The first-order valence-corrected chi connectivity index (χ1v) is 28.5. The highest BCUT2D eigenvalue weighted by Gasteiger charge is 2.46. The molecule has 16 rings (SSSR count). The Morgan fingerprint density at radius 2 is 0.561 bits per heavy atom. The summed E-state index contributed by atoms with van der Waals surface area (Å²) >= 11 is 0. The minimum atomic E-state index is -0.612. The van der Waals surface area contributed by atoms with Crippen molar-refractivity contribution in [1.29, 1.82) is 0 Å². The monoisotopic (exact) mass is 1040 g/mol. The predicted octanol–water partition coefficient (Wildman–Crippen LogP) is 21.5. The summed E-state index contributed by atoms with van der Waals surface area (Å²) in [6, 6.07) is 119. The molecule has 0 bridgehead atoms. The van der Waals surface area contributed by atoms with Crippen LogP contribution in [0.3, 0.4) is 0 Å². The minimum absolute atomic E-state index is 0.612. The Labute approximate surface area is 478 Å². The third-order valence-corrected chi connectivity index (χ3v) is 17.5. The van der Waals surface area contributed by atoms with Crippen molar-refractivity contribution in [1.82, 2.24) is 4.57 Å². The van der Waals surface area contributed by atoms with Gasteiger partial charge in [-0.15, -0.1) is 0 Å². The van der Waals surface area contributed by atoms with Crippen LogP contribution < -0.4 is 0 Å². The minimum Gasteiger partial charge on any atom is -0.309 e. The number of hydrogen-bond acceptors (Lipinski definition) is 0. The number of hydrogen-bond donors (Lipinski definition) is 0. The van der Waals surface area contributed by atoms with E-state index in [1.54, 1.807) is 0 Å². The van der Waals surface area contributed by atoms with Gasteiger partial charge in [0.1, 0.15) is 0 Å². The van der Waals surface area contributed by atoms with Crippen LogP contribution in [0.1, 0.15) is 22.3 Å². The molecule has 0 saturated heterocycles. The Morgan fingerprint density at radius 3 is 1.06 bits per heavy atom. The molecule has 1 nitrogen and oxygen atoms in total. The van der Waals surface area contributed by atoms with Gasteiger partial charge in [0.2, 0.25) is 0 Å². The molecule has 15 aromatic rings. The van der Waals surface area contributed by atoms with Crippen molar-refractivity contribution in [2.45, 2.75) is 5.41 Å². The molecule has 14 aromatic carbocycles. The maximum atomic E-state index is 2.51. The molecule has 0 atom stereocenters. The van der Waals surface area contributed by atoms with E-state index >= 15 is 0 Å². The van der Waals surface area contributed by atoms with Crippen LogP contribution in [0, 0.1) is 0 Å². The van der Waals surface area contributed by atoms with Gasteiger partial charge in [-0.25, -0.2) is 0 Å². The molecule has 382 valence electrons. The Hall–Kier alpha value is -10.6. The second-order valence-corrected chi connectivity index (χ2v) is 21.9. The first kappa shape index (κ1) is 47.4. The summed E-state index contributed by atoms with van der Waals surface area (Å²) in [6.07, 6.45) is 0. The maximum absolute atomic E-state index is 2.51. The van der Waals surface area contributed by atoms with E-state index in [4.69, 9.17) is 0 Å². The Morgan fingerprint density at radius 1 is 0.207 bits per heavy atom. The van der Waals surface area contributed by atoms with E-state index in [2.05, 4.69) is 326 Å². The summed E-state index contributed by atoms with van der Waals surface area (Å²) in [5, 5.41) is 7.45. The smallest absolute Gasteiger partial charge is 0.0714 e. The molecule has 0 radical (unpaired) electrons. The van der Waals surface area contributed by atoms with E-state index in [-0.39, 0.29) is 0 Å². The number of aromatic nitrogens is 1. The second-order valence-electron chi connectivity index (χ2n) is 21.9. The van der Waals surface area contributed by atoms with Gasteiger partial charge in [0.15, 0.2) is 0 Å². The molecule has 0 aliphatic heterocycles. The lowest BCUT2D eigenvalue weighted by molar-refractivity contribution is 0.768. The van der Waals surface area contributed by atoms with Crippen LogP contribution in [0.25, 0.3) is 127 Å². The summed E-state index contributed by atoms with van der Waals surface area (Å²) in [7, 11) is 0. The second kappa shape index (κ2) is 19.3. The molecule has 82 heavy (non-hydrogen) atoms. The van der Waals surface area contributed by atoms with Crippen molar-refractivity contribution in [3.8, 4) is 83.6 Å². The largest absolute Gasteiger partial charge is 0.309 e. The van der Waals surface area contributed by atoms with Gasteiger partial charge in [0.25, 0.3) is 0 Å². The van der Waals surface area contributed by atoms with E-state index in [0.29, 0.717) is 0 Å². The molecule has 0 amide bonds. The van der Waals surface area contributed by atoms with Gasteiger partial charge < -0.3 is 4.57 Å². The first-order valence-electron chi connectivity index (χ1n) is 28.5. The normalized spacial score (nSPS) is 12.5. The fourth-order valence-corrected chi connectivity index (χ4v) is 13.6. The topological polar surface area (TPSA) is 4.93 Å². The van der Waals surface area contributed by atoms with Gasteiger partial charge in [-0.3, -0.25) is 0 Å². The van der Waals surface area contributed by atoms with Crippen LogP contribution in [0.5, 0.6) is 0 Å². The van der Waals surface area contributed by atoms with E-state index in [1.807, 2.05) is 0 Å².